The van der Waals surface area contributed by atoms with Crippen LogP contribution in [-0.4, -0.2) is 53.7 Å². The molecule has 0 radical (unpaired) electrons. The molecule has 1 fully saturated rings. The summed E-state index contributed by atoms with van der Waals surface area (Å²) in [6, 6.07) is 8.42. The van der Waals surface area contributed by atoms with Crippen LogP contribution < -0.4 is 10.6 Å². The third-order valence-corrected chi connectivity index (χ3v) is 4.31. The van der Waals surface area contributed by atoms with Crippen LogP contribution in [0.3, 0.4) is 0 Å². The Labute approximate surface area is 132 Å². The number of benzene rings is 1. The number of imidazole rings is 1. The Morgan fingerprint density at radius 1 is 1.18 bits per heavy atom. The minimum Gasteiger partial charge on any atom is -0.354 e. The van der Waals surface area contributed by atoms with E-state index in [0.29, 0.717) is 0 Å². The maximum absolute atomic E-state index is 4.77. The van der Waals surface area contributed by atoms with Gasteiger partial charge in [-0.05, 0) is 18.6 Å². The first-order valence-corrected chi connectivity index (χ1v) is 8.50. The number of hydrogen-bond acceptors (Lipinski definition) is 4. The van der Waals surface area contributed by atoms with Crippen LogP contribution in [0.5, 0.6) is 0 Å². The van der Waals surface area contributed by atoms with E-state index < -0.39 is 0 Å². The smallest absolute Gasteiger partial charge is 0.203 e. The molecule has 2 heterocycles. The highest BCUT2D eigenvalue weighted by molar-refractivity contribution is 5.78. The summed E-state index contributed by atoms with van der Waals surface area (Å²) >= 11 is 0. The fraction of sp³-hybridized carbons (Fsp3) is 0.588. The Hall–Kier alpha value is -1.59. The number of unbranched alkanes of at least 4 members (excludes halogenated alkanes) is 1. The summed E-state index contributed by atoms with van der Waals surface area (Å²) < 4.78 is 2.33. The molecule has 5 heteroatoms. The normalized spacial score (nSPS) is 16.2. The summed E-state index contributed by atoms with van der Waals surface area (Å²) in [5, 5.41) is 6.94. The van der Waals surface area contributed by atoms with Crippen molar-refractivity contribution in [2.75, 3.05) is 44.6 Å². The number of nitrogens with zero attached hydrogens (tertiary/aromatic N) is 3. The number of rotatable bonds is 7. The molecule has 3 rings (SSSR count). The van der Waals surface area contributed by atoms with Gasteiger partial charge in [0.15, 0.2) is 0 Å². The zero-order chi connectivity index (χ0) is 15.2. The average Bonchev–Trinajstić information content (AvgIpc) is 2.91. The van der Waals surface area contributed by atoms with E-state index >= 15 is 0 Å². The molecular formula is C17H27N5. The highest BCUT2D eigenvalue weighted by Gasteiger charge is 2.11. The molecule has 0 unspecified atom stereocenters. The topological polar surface area (TPSA) is 45.1 Å². The summed E-state index contributed by atoms with van der Waals surface area (Å²) in [6.07, 6.45) is 2.39. The van der Waals surface area contributed by atoms with Crippen molar-refractivity contribution in [3.05, 3.63) is 24.3 Å². The van der Waals surface area contributed by atoms with Crippen LogP contribution in [0.25, 0.3) is 11.0 Å². The monoisotopic (exact) mass is 301 g/mol. The molecule has 0 atom stereocenters. The van der Waals surface area contributed by atoms with Crippen molar-refractivity contribution in [2.45, 2.75) is 26.3 Å². The van der Waals surface area contributed by atoms with Crippen molar-refractivity contribution >= 4 is 17.0 Å². The van der Waals surface area contributed by atoms with Crippen LogP contribution in [-0.2, 0) is 6.54 Å². The molecule has 2 aromatic rings. The van der Waals surface area contributed by atoms with Crippen molar-refractivity contribution in [3.8, 4) is 0 Å². The number of aryl methyl sites for hydroxylation is 1. The summed E-state index contributed by atoms with van der Waals surface area (Å²) in [7, 11) is 0. The van der Waals surface area contributed by atoms with E-state index in [9.17, 15) is 0 Å². The standard InChI is InChI=1S/C17H27N5/c1-2-3-11-22-16-7-5-4-6-15(16)20-17(22)19-10-14-21-12-8-18-9-13-21/h4-7,18H,2-3,8-14H2,1H3,(H,19,20). The Morgan fingerprint density at radius 3 is 2.82 bits per heavy atom. The first-order chi connectivity index (χ1) is 10.9. The van der Waals surface area contributed by atoms with Gasteiger partial charge in [-0.1, -0.05) is 25.5 Å². The van der Waals surface area contributed by atoms with E-state index in [4.69, 9.17) is 4.98 Å². The van der Waals surface area contributed by atoms with Crippen LogP contribution >= 0.6 is 0 Å². The van der Waals surface area contributed by atoms with E-state index in [1.807, 2.05) is 0 Å². The fourth-order valence-electron chi connectivity index (χ4n) is 3.01. The van der Waals surface area contributed by atoms with Crippen LogP contribution in [0, 0.1) is 0 Å². The largest absolute Gasteiger partial charge is 0.354 e. The summed E-state index contributed by atoms with van der Waals surface area (Å²) in [5.41, 5.74) is 2.32. The number of nitrogens with one attached hydrogen (secondary N) is 2. The number of para-hydroxylation sites is 2. The molecule has 1 aliphatic heterocycles. The summed E-state index contributed by atoms with van der Waals surface area (Å²) in [4.78, 5) is 7.27. The second kappa shape index (κ2) is 7.61. The number of hydrogen-bond donors (Lipinski definition) is 2. The minimum absolute atomic E-state index is 0.954. The van der Waals surface area contributed by atoms with Crippen molar-refractivity contribution < 1.29 is 0 Å². The van der Waals surface area contributed by atoms with E-state index in [1.165, 1.54) is 18.4 Å². The van der Waals surface area contributed by atoms with Crippen LogP contribution in [0.1, 0.15) is 19.8 Å². The van der Waals surface area contributed by atoms with Gasteiger partial charge in [0.1, 0.15) is 0 Å². The molecule has 0 saturated carbocycles. The zero-order valence-corrected chi connectivity index (χ0v) is 13.5. The third-order valence-electron chi connectivity index (χ3n) is 4.31. The predicted molar refractivity (Wildman–Crippen MR) is 92.4 cm³/mol. The first-order valence-electron chi connectivity index (χ1n) is 8.50. The van der Waals surface area contributed by atoms with Gasteiger partial charge in [0.2, 0.25) is 5.95 Å². The molecule has 1 aromatic carbocycles. The summed E-state index contributed by atoms with van der Waals surface area (Å²) in [6.45, 7) is 9.81. The quantitative estimate of drug-likeness (QED) is 0.822. The van der Waals surface area contributed by atoms with Crippen molar-refractivity contribution in [3.63, 3.8) is 0 Å². The molecule has 1 aliphatic rings. The molecule has 0 spiro atoms. The predicted octanol–water partition coefficient (Wildman–Crippen LogP) is 2.15. The van der Waals surface area contributed by atoms with E-state index in [1.54, 1.807) is 0 Å². The minimum atomic E-state index is 0.954. The number of anilines is 1. The lowest BCUT2D eigenvalue weighted by atomic mass is 10.3. The fourth-order valence-corrected chi connectivity index (χ4v) is 3.01. The SMILES string of the molecule is CCCCn1c(NCCN2CCNCC2)nc2ccccc21. The van der Waals surface area contributed by atoms with Gasteiger partial charge in [-0.3, -0.25) is 4.90 Å². The number of aromatic nitrogens is 2. The zero-order valence-electron chi connectivity index (χ0n) is 13.5. The lowest BCUT2D eigenvalue weighted by molar-refractivity contribution is 0.249. The molecule has 22 heavy (non-hydrogen) atoms. The molecule has 5 nitrogen and oxygen atoms in total. The van der Waals surface area contributed by atoms with Gasteiger partial charge in [0.05, 0.1) is 11.0 Å². The number of piperazine rings is 1. The molecule has 0 aliphatic carbocycles. The van der Waals surface area contributed by atoms with Crippen molar-refractivity contribution in [1.29, 1.82) is 0 Å². The van der Waals surface area contributed by atoms with Crippen LogP contribution in [0.4, 0.5) is 5.95 Å². The Morgan fingerprint density at radius 2 is 2.00 bits per heavy atom. The highest BCUT2D eigenvalue weighted by Crippen LogP contribution is 2.20. The lowest BCUT2D eigenvalue weighted by Crippen LogP contribution is -2.45. The molecule has 0 bridgehead atoms. The second-order valence-electron chi connectivity index (χ2n) is 5.95. The highest BCUT2D eigenvalue weighted by atomic mass is 15.2. The molecule has 1 aromatic heterocycles. The Bertz CT molecular complexity index is 586. The van der Waals surface area contributed by atoms with Crippen molar-refractivity contribution in [2.24, 2.45) is 0 Å². The van der Waals surface area contributed by atoms with Gasteiger partial charge in [-0.15, -0.1) is 0 Å². The van der Waals surface area contributed by atoms with Crippen LogP contribution in [0.15, 0.2) is 24.3 Å². The molecular weight excluding hydrogens is 274 g/mol. The van der Waals surface area contributed by atoms with E-state index in [2.05, 4.69) is 51.3 Å². The van der Waals surface area contributed by atoms with Gasteiger partial charge in [0.25, 0.3) is 0 Å². The first kappa shape index (κ1) is 15.3. The van der Waals surface area contributed by atoms with Crippen molar-refractivity contribution in [1.82, 2.24) is 19.8 Å². The van der Waals surface area contributed by atoms with Gasteiger partial charge < -0.3 is 15.2 Å². The van der Waals surface area contributed by atoms with Gasteiger partial charge in [0, 0.05) is 45.8 Å². The average molecular weight is 301 g/mol. The molecule has 0 amide bonds. The maximum atomic E-state index is 4.77. The van der Waals surface area contributed by atoms with Crippen LogP contribution in [0.2, 0.25) is 0 Å². The lowest BCUT2D eigenvalue weighted by Gasteiger charge is -2.27. The van der Waals surface area contributed by atoms with Gasteiger partial charge in [-0.2, -0.15) is 0 Å². The Balaban J connectivity index is 1.66. The molecule has 1 saturated heterocycles. The molecule has 2 N–H and O–H groups in total. The number of fused-ring (bicyclic) bond motifs is 1. The third kappa shape index (κ3) is 3.59. The second-order valence-corrected chi connectivity index (χ2v) is 5.95. The maximum Gasteiger partial charge on any atom is 0.203 e. The van der Waals surface area contributed by atoms with E-state index in [0.717, 1.165) is 57.3 Å². The van der Waals surface area contributed by atoms with Gasteiger partial charge in [-0.25, -0.2) is 4.98 Å². The summed E-state index contributed by atoms with van der Waals surface area (Å²) in [5.74, 6) is 1.02. The Kier molecular flexibility index (Phi) is 5.29. The molecule has 120 valence electrons. The van der Waals surface area contributed by atoms with Gasteiger partial charge >= 0.3 is 0 Å². The van der Waals surface area contributed by atoms with E-state index in [-0.39, 0.29) is 0 Å².